The van der Waals surface area contributed by atoms with Crippen molar-refractivity contribution in [2.45, 2.75) is 6.92 Å². The average molecular weight is 140 g/mol. The quantitative estimate of drug-likeness (QED) is 0.503. The Balaban J connectivity index is 2.80. The second kappa shape index (κ2) is 2.79. The number of hydrogen-bond acceptors (Lipinski definition) is 2. The van der Waals surface area contributed by atoms with Crippen LogP contribution in [0, 0.1) is 0 Å². The van der Waals surface area contributed by atoms with Crippen molar-refractivity contribution in [2.24, 2.45) is 4.99 Å². The fourth-order valence-electron chi connectivity index (χ4n) is 0.510. The first-order chi connectivity index (χ1) is 4.29. The largest absolute Gasteiger partial charge is 0.347 e. The van der Waals surface area contributed by atoms with E-state index >= 15 is 0 Å². The first-order valence-electron chi connectivity index (χ1n) is 2.72. The van der Waals surface area contributed by atoms with Gasteiger partial charge in [-0.05, 0) is 19.1 Å². The number of aliphatic imine (C=N–C) groups is 1. The monoisotopic (exact) mass is 140 g/mol. The summed E-state index contributed by atoms with van der Waals surface area (Å²) in [6.45, 7) is 1.96. The molecule has 0 aromatic rings. The van der Waals surface area contributed by atoms with E-state index < -0.39 is 0 Å². The van der Waals surface area contributed by atoms with Gasteiger partial charge in [0.15, 0.2) is 0 Å². The number of nitrogens with one attached hydrogen (secondary N) is 1. The minimum absolute atomic E-state index is 1.01. The molecule has 2 nitrogen and oxygen atoms in total. The zero-order valence-corrected chi connectivity index (χ0v) is 6.41. The Bertz CT molecular complexity index is 191. The van der Waals surface area contributed by atoms with E-state index in [-0.39, 0.29) is 0 Å². The van der Waals surface area contributed by atoms with Gasteiger partial charge in [-0.15, -0.1) is 0 Å². The van der Waals surface area contributed by atoms with Crippen molar-refractivity contribution in [2.75, 3.05) is 0 Å². The van der Waals surface area contributed by atoms with Gasteiger partial charge in [0.25, 0.3) is 0 Å². The molecule has 1 N–H and O–H groups in total. The highest BCUT2D eigenvalue weighted by atomic mass is 31.0. The van der Waals surface area contributed by atoms with Gasteiger partial charge in [0, 0.05) is 11.1 Å². The molecule has 1 unspecified atom stereocenters. The van der Waals surface area contributed by atoms with Gasteiger partial charge < -0.3 is 5.32 Å². The molecule has 0 fully saturated rings. The fourth-order valence-corrected chi connectivity index (χ4v) is 0.681. The Hall–Kier alpha value is -0.620. The van der Waals surface area contributed by atoms with Crippen LogP contribution in [0.15, 0.2) is 28.3 Å². The van der Waals surface area contributed by atoms with Crippen LogP contribution in [-0.4, -0.2) is 6.34 Å². The van der Waals surface area contributed by atoms with Crippen molar-refractivity contribution < 1.29 is 0 Å². The summed E-state index contributed by atoms with van der Waals surface area (Å²) >= 11 is 0. The molecule has 0 amide bonds. The molecule has 48 valence electrons. The SMILES string of the molecule is CC1=CC=C(P)NC=N1. The number of nitrogens with zero attached hydrogens (tertiary/aromatic N) is 1. The second-order valence-corrected chi connectivity index (χ2v) is 2.45. The molecular formula is C6H9N2P. The van der Waals surface area contributed by atoms with Gasteiger partial charge in [-0.2, -0.15) is 0 Å². The summed E-state index contributed by atoms with van der Waals surface area (Å²) in [4.78, 5) is 4.03. The van der Waals surface area contributed by atoms with Crippen molar-refractivity contribution in [3.05, 3.63) is 23.3 Å². The predicted octanol–water partition coefficient (Wildman–Crippen LogP) is 1.24. The van der Waals surface area contributed by atoms with E-state index in [0.29, 0.717) is 0 Å². The second-order valence-electron chi connectivity index (χ2n) is 1.83. The third-order valence-corrected chi connectivity index (χ3v) is 1.36. The van der Waals surface area contributed by atoms with Crippen molar-refractivity contribution in [1.82, 2.24) is 5.32 Å². The standard InChI is InChI=1S/C6H9N2P/c1-5-2-3-6(9)8-4-7-5/h2-4H,9H2,1H3,(H,7,8). The van der Waals surface area contributed by atoms with E-state index in [1.165, 1.54) is 0 Å². The average Bonchev–Trinajstić information content (AvgIpc) is 1.97. The lowest BCUT2D eigenvalue weighted by molar-refractivity contribution is 1.26. The van der Waals surface area contributed by atoms with Crippen molar-refractivity contribution >= 4 is 15.6 Å². The Morgan fingerprint density at radius 1 is 1.56 bits per heavy atom. The van der Waals surface area contributed by atoms with Crippen LogP contribution in [0.25, 0.3) is 0 Å². The van der Waals surface area contributed by atoms with Crippen LogP contribution < -0.4 is 5.32 Å². The lowest BCUT2D eigenvalue weighted by Gasteiger charge is -1.91. The topological polar surface area (TPSA) is 24.4 Å². The molecule has 0 radical (unpaired) electrons. The van der Waals surface area contributed by atoms with Gasteiger partial charge in [-0.1, -0.05) is 9.24 Å². The van der Waals surface area contributed by atoms with Gasteiger partial charge in [0.2, 0.25) is 0 Å². The maximum atomic E-state index is 4.03. The highest BCUT2D eigenvalue weighted by Crippen LogP contribution is 2.04. The zero-order chi connectivity index (χ0) is 6.69. The molecule has 3 heteroatoms. The molecule has 0 saturated heterocycles. The molecular weight excluding hydrogens is 131 g/mol. The number of hydrogen-bond donors (Lipinski definition) is 1. The van der Waals surface area contributed by atoms with Crippen LogP contribution in [-0.2, 0) is 0 Å². The highest BCUT2D eigenvalue weighted by molar-refractivity contribution is 7.22. The van der Waals surface area contributed by atoms with Crippen LogP contribution in [0.4, 0.5) is 0 Å². The van der Waals surface area contributed by atoms with Crippen molar-refractivity contribution in [3.8, 4) is 0 Å². The van der Waals surface area contributed by atoms with E-state index in [0.717, 1.165) is 11.1 Å². The molecule has 1 rings (SSSR count). The van der Waals surface area contributed by atoms with Crippen LogP contribution in [0.5, 0.6) is 0 Å². The Morgan fingerprint density at radius 3 is 3.11 bits per heavy atom. The molecule has 0 saturated carbocycles. The van der Waals surface area contributed by atoms with E-state index in [1.54, 1.807) is 6.34 Å². The normalized spacial score (nSPS) is 17.6. The van der Waals surface area contributed by atoms with Crippen molar-refractivity contribution in [1.29, 1.82) is 0 Å². The third kappa shape index (κ3) is 1.98. The molecule has 1 heterocycles. The smallest absolute Gasteiger partial charge is 0.0926 e. The Morgan fingerprint density at radius 2 is 2.33 bits per heavy atom. The van der Waals surface area contributed by atoms with Crippen LogP contribution in [0.2, 0.25) is 0 Å². The highest BCUT2D eigenvalue weighted by Gasteiger charge is 1.87. The molecule has 9 heavy (non-hydrogen) atoms. The van der Waals surface area contributed by atoms with Gasteiger partial charge in [0.05, 0.1) is 6.34 Å². The maximum Gasteiger partial charge on any atom is 0.0926 e. The molecule has 1 aliphatic rings. The molecule has 1 atom stereocenters. The molecule has 0 aromatic heterocycles. The number of rotatable bonds is 0. The van der Waals surface area contributed by atoms with E-state index in [2.05, 4.69) is 19.5 Å². The summed E-state index contributed by atoms with van der Waals surface area (Å²) in [5, 5.41) is 2.96. The summed E-state index contributed by atoms with van der Waals surface area (Å²) < 4.78 is 0. The fraction of sp³-hybridized carbons (Fsp3) is 0.167. The summed E-state index contributed by atoms with van der Waals surface area (Å²) in [7, 11) is 2.57. The first kappa shape index (κ1) is 6.50. The minimum atomic E-state index is 1.01. The molecule has 1 aliphatic heterocycles. The summed E-state index contributed by atoms with van der Waals surface area (Å²) in [5.41, 5.74) is 2.05. The van der Waals surface area contributed by atoms with Crippen LogP contribution in [0.1, 0.15) is 6.92 Å². The van der Waals surface area contributed by atoms with Gasteiger partial charge in [0.1, 0.15) is 0 Å². The van der Waals surface area contributed by atoms with Gasteiger partial charge in [-0.25, -0.2) is 4.99 Å². The molecule has 0 aromatic carbocycles. The zero-order valence-electron chi connectivity index (χ0n) is 5.26. The lowest BCUT2D eigenvalue weighted by Crippen LogP contribution is -2.03. The van der Waals surface area contributed by atoms with Crippen molar-refractivity contribution in [3.63, 3.8) is 0 Å². The molecule has 0 aliphatic carbocycles. The Kier molecular flexibility index (Phi) is 2.01. The summed E-state index contributed by atoms with van der Waals surface area (Å²) in [6.07, 6.45) is 5.60. The maximum absolute atomic E-state index is 4.03. The van der Waals surface area contributed by atoms with Crippen LogP contribution in [0.3, 0.4) is 0 Å². The van der Waals surface area contributed by atoms with E-state index in [4.69, 9.17) is 0 Å². The third-order valence-electron chi connectivity index (χ3n) is 1.00. The summed E-state index contributed by atoms with van der Waals surface area (Å²) in [5.74, 6) is 0. The molecule has 0 bridgehead atoms. The van der Waals surface area contributed by atoms with Gasteiger partial charge in [-0.3, -0.25) is 0 Å². The summed E-state index contributed by atoms with van der Waals surface area (Å²) in [6, 6.07) is 0. The van der Waals surface area contributed by atoms with Gasteiger partial charge >= 0.3 is 0 Å². The van der Waals surface area contributed by atoms with E-state index in [1.807, 2.05) is 19.1 Å². The van der Waals surface area contributed by atoms with Crippen LogP contribution >= 0.6 is 9.24 Å². The predicted molar refractivity (Wildman–Crippen MR) is 43.2 cm³/mol. The van der Waals surface area contributed by atoms with E-state index in [9.17, 15) is 0 Å². The first-order valence-corrected chi connectivity index (χ1v) is 3.30. The Labute approximate surface area is 57.0 Å². The molecule has 0 spiro atoms. The minimum Gasteiger partial charge on any atom is -0.347 e. The number of allylic oxidation sites excluding steroid dienone is 3. The lowest BCUT2D eigenvalue weighted by atomic mass is 10.4.